The van der Waals surface area contributed by atoms with Gasteiger partial charge in [-0.25, -0.2) is 9.59 Å². The first kappa shape index (κ1) is 13.9. The maximum Gasteiger partial charge on any atom is 0.348 e. The summed E-state index contributed by atoms with van der Waals surface area (Å²) in [7, 11) is 0. The monoisotopic (exact) mass is 354 g/mol. The van der Waals surface area contributed by atoms with Gasteiger partial charge in [0.25, 0.3) is 5.79 Å². The minimum absolute atomic E-state index is 0.131. The summed E-state index contributed by atoms with van der Waals surface area (Å²) in [6.07, 6.45) is 1.40. The molecule has 1 aromatic rings. The fourth-order valence-electron chi connectivity index (χ4n) is 2.02. The molecule has 7 heteroatoms. The first-order chi connectivity index (χ1) is 9.85. The third kappa shape index (κ3) is 2.61. The highest BCUT2D eigenvalue weighted by atomic mass is 79.9. The van der Waals surface area contributed by atoms with E-state index in [4.69, 9.17) is 18.9 Å². The summed E-state index contributed by atoms with van der Waals surface area (Å²) in [5, 5.41) is 0. The van der Waals surface area contributed by atoms with Crippen molar-refractivity contribution in [3.63, 3.8) is 0 Å². The first-order valence-electron chi connectivity index (χ1n) is 6.13. The van der Waals surface area contributed by atoms with E-state index in [0.717, 1.165) is 0 Å². The predicted octanol–water partition coefficient (Wildman–Crippen LogP) is 2.40. The van der Waals surface area contributed by atoms with Gasteiger partial charge in [0.2, 0.25) is 6.79 Å². The van der Waals surface area contributed by atoms with Crippen LogP contribution >= 0.6 is 15.9 Å². The molecule has 21 heavy (non-hydrogen) atoms. The molecule has 0 aliphatic carbocycles. The number of hydrogen-bond acceptors (Lipinski definition) is 6. The number of rotatable bonds is 1. The average molecular weight is 355 g/mol. The molecule has 1 fully saturated rings. The number of fused-ring (bicyclic) bond motifs is 1. The van der Waals surface area contributed by atoms with Gasteiger partial charge in [-0.3, -0.25) is 0 Å². The van der Waals surface area contributed by atoms with Crippen LogP contribution in [-0.2, 0) is 19.1 Å². The molecule has 110 valence electrons. The molecule has 1 aromatic carbocycles. The minimum Gasteiger partial charge on any atom is -0.454 e. The number of benzene rings is 1. The van der Waals surface area contributed by atoms with Crippen LogP contribution in [0.2, 0.25) is 0 Å². The molecule has 6 nitrogen and oxygen atoms in total. The Balaban J connectivity index is 1.97. The summed E-state index contributed by atoms with van der Waals surface area (Å²) in [6, 6.07) is 3.38. The minimum atomic E-state index is -1.25. The molecular weight excluding hydrogens is 344 g/mol. The second kappa shape index (κ2) is 4.77. The van der Waals surface area contributed by atoms with E-state index < -0.39 is 17.7 Å². The van der Waals surface area contributed by atoms with Crippen molar-refractivity contribution in [3.8, 4) is 11.5 Å². The average Bonchev–Trinajstić information content (AvgIpc) is 2.81. The van der Waals surface area contributed by atoms with Crippen molar-refractivity contribution < 1.29 is 28.5 Å². The standard InChI is InChI=1S/C14H11BrO6/c1-14(2)20-12(16)8(13(17)21-14)3-7-4-9(15)11-10(5-7)18-6-19-11/h3-5H,6H2,1-2H3. The molecule has 0 atom stereocenters. The van der Waals surface area contributed by atoms with Crippen LogP contribution in [0.15, 0.2) is 22.2 Å². The van der Waals surface area contributed by atoms with E-state index in [-0.39, 0.29) is 12.4 Å². The van der Waals surface area contributed by atoms with Crippen LogP contribution in [0, 0.1) is 0 Å². The third-order valence-electron chi connectivity index (χ3n) is 2.88. The molecule has 0 N–H and O–H groups in total. The Hall–Kier alpha value is -2.02. The number of hydrogen-bond donors (Lipinski definition) is 0. The smallest absolute Gasteiger partial charge is 0.348 e. The fourth-order valence-corrected chi connectivity index (χ4v) is 2.59. The van der Waals surface area contributed by atoms with Gasteiger partial charge in [0.15, 0.2) is 11.5 Å². The Kier molecular flexibility index (Phi) is 3.16. The predicted molar refractivity (Wildman–Crippen MR) is 74.5 cm³/mol. The van der Waals surface area contributed by atoms with Crippen molar-refractivity contribution in [2.45, 2.75) is 19.6 Å². The fraction of sp³-hybridized carbons (Fsp3) is 0.286. The number of ether oxygens (including phenoxy) is 4. The Morgan fingerprint density at radius 3 is 2.48 bits per heavy atom. The molecule has 0 saturated carbocycles. The van der Waals surface area contributed by atoms with Crippen molar-refractivity contribution in [1.82, 2.24) is 0 Å². The summed E-state index contributed by atoms with van der Waals surface area (Å²) < 4.78 is 21.3. The topological polar surface area (TPSA) is 71.1 Å². The van der Waals surface area contributed by atoms with Crippen molar-refractivity contribution in [3.05, 3.63) is 27.7 Å². The maximum atomic E-state index is 11.9. The molecule has 0 unspecified atom stereocenters. The zero-order valence-electron chi connectivity index (χ0n) is 11.3. The molecule has 0 spiro atoms. The van der Waals surface area contributed by atoms with Gasteiger partial charge in [-0.05, 0) is 39.7 Å². The van der Waals surface area contributed by atoms with E-state index in [1.165, 1.54) is 19.9 Å². The van der Waals surface area contributed by atoms with E-state index in [2.05, 4.69) is 15.9 Å². The van der Waals surface area contributed by atoms with Crippen molar-refractivity contribution in [1.29, 1.82) is 0 Å². The normalized spacial score (nSPS) is 19.1. The molecule has 1 saturated heterocycles. The number of carbonyl (C=O) groups excluding carboxylic acids is 2. The molecule has 0 aromatic heterocycles. The van der Waals surface area contributed by atoms with Gasteiger partial charge in [-0.15, -0.1) is 0 Å². The lowest BCUT2D eigenvalue weighted by molar-refractivity contribution is -0.222. The maximum absolute atomic E-state index is 11.9. The SMILES string of the molecule is CC1(C)OC(=O)C(=Cc2cc(Br)c3c(c2)OCO3)C(=O)O1. The van der Waals surface area contributed by atoms with E-state index in [0.29, 0.717) is 21.5 Å². The lowest BCUT2D eigenvalue weighted by Crippen LogP contribution is -2.41. The van der Waals surface area contributed by atoms with E-state index in [1.54, 1.807) is 12.1 Å². The highest BCUT2D eigenvalue weighted by Gasteiger charge is 2.38. The van der Waals surface area contributed by atoms with Crippen molar-refractivity contribution >= 4 is 33.9 Å². The van der Waals surface area contributed by atoms with Crippen LogP contribution in [0.3, 0.4) is 0 Å². The number of halogens is 1. The van der Waals surface area contributed by atoms with E-state index in [9.17, 15) is 9.59 Å². The molecular formula is C14H11BrO6. The summed E-state index contributed by atoms with van der Waals surface area (Å²) in [5.74, 6) is -1.56. The molecule has 2 aliphatic rings. The van der Waals surface area contributed by atoms with Gasteiger partial charge in [-0.1, -0.05) is 0 Å². The van der Waals surface area contributed by atoms with Crippen molar-refractivity contribution in [2.24, 2.45) is 0 Å². The van der Waals surface area contributed by atoms with E-state index in [1.807, 2.05) is 0 Å². The Labute approximate surface area is 128 Å². The first-order valence-corrected chi connectivity index (χ1v) is 6.92. The zero-order valence-corrected chi connectivity index (χ0v) is 12.9. The quantitative estimate of drug-likeness (QED) is 0.438. The molecule has 2 aliphatic heterocycles. The number of carbonyl (C=O) groups is 2. The van der Waals surface area contributed by atoms with Crippen LogP contribution in [0.5, 0.6) is 11.5 Å². The van der Waals surface area contributed by atoms with Gasteiger partial charge in [0.1, 0.15) is 5.57 Å². The van der Waals surface area contributed by atoms with Crippen LogP contribution in [0.4, 0.5) is 0 Å². The largest absolute Gasteiger partial charge is 0.454 e. The second-order valence-corrected chi connectivity index (χ2v) is 5.83. The summed E-state index contributed by atoms with van der Waals surface area (Å²) in [6.45, 7) is 3.12. The highest BCUT2D eigenvalue weighted by molar-refractivity contribution is 9.10. The Morgan fingerprint density at radius 1 is 1.14 bits per heavy atom. The molecule has 2 heterocycles. The highest BCUT2D eigenvalue weighted by Crippen LogP contribution is 2.40. The Bertz CT molecular complexity index is 654. The van der Waals surface area contributed by atoms with Gasteiger partial charge in [-0.2, -0.15) is 0 Å². The van der Waals surface area contributed by atoms with Gasteiger partial charge in [0, 0.05) is 13.8 Å². The van der Waals surface area contributed by atoms with Crippen LogP contribution in [0.1, 0.15) is 19.4 Å². The summed E-state index contributed by atoms with van der Waals surface area (Å²) in [4.78, 5) is 23.8. The molecule has 0 radical (unpaired) electrons. The number of cyclic esters (lactones) is 2. The van der Waals surface area contributed by atoms with Crippen LogP contribution in [-0.4, -0.2) is 24.5 Å². The molecule has 0 bridgehead atoms. The lowest BCUT2D eigenvalue weighted by atomic mass is 10.1. The summed E-state index contributed by atoms with van der Waals surface area (Å²) in [5.41, 5.74) is 0.426. The van der Waals surface area contributed by atoms with Crippen molar-refractivity contribution in [2.75, 3.05) is 6.79 Å². The van der Waals surface area contributed by atoms with Crippen LogP contribution < -0.4 is 9.47 Å². The summed E-state index contributed by atoms with van der Waals surface area (Å²) >= 11 is 3.34. The van der Waals surface area contributed by atoms with Gasteiger partial charge in [0.05, 0.1) is 4.47 Å². The van der Waals surface area contributed by atoms with Crippen LogP contribution in [0.25, 0.3) is 6.08 Å². The second-order valence-electron chi connectivity index (χ2n) is 4.97. The van der Waals surface area contributed by atoms with Gasteiger partial charge >= 0.3 is 11.9 Å². The molecule has 0 amide bonds. The Morgan fingerprint density at radius 2 is 1.81 bits per heavy atom. The molecule has 3 rings (SSSR count). The third-order valence-corrected chi connectivity index (χ3v) is 3.47. The lowest BCUT2D eigenvalue weighted by Gasteiger charge is -2.29. The number of esters is 2. The van der Waals surface area contributed by atoms with E-state index >= 15 is 0 Å². The van der Waals surface area contributed by atoms with Gasteiger partial charge < -0.3 is 18.9 Å². The zero-order chi connectivity index (χ0) is 15.2.